The topological polar surface area (TPSA) is 126 Å². The lowest BCUT2D eigenvalue weighted by Gasteiger charge is -2.06. The molecule has 1 aliphatic carbocycles. The summed E-state index contributed by atoms with van der Waals surface area (Å²) in [7, 11) is 0. The summed E-state index contributed by atoms with van der Waals surface area (Å²) in [6.45, 7) is 1.84. The van der Waals surface area contributed by atoms with E-state index in [0.717, 1.165) is 18.7 Å². The van der Waals surface area contributed by atoms with Gasteiger partial charge in [-0.2, -0.15) is 4.68 Å². The molecule has 0 saturated heterocycles. The highest BCUT2D eigenvalue weighted by molar-refractivity contribution is 5.90. The van der Waals surface area contributed by atoms with Crippen molar-refractivity contribution in [3.05, 3.63) is 29.7 Å². The summed E-state index contributed by atoms with van der Waals surface area (Å²) in [5, 5.41) is 4.45. The van der Waals surface area contributed by atoms with Crippen LogP contribution in [0.4, 0.5) is 0 Å². The van der Waals surface area contributed by atoms with Crippen LogP contribution in [0.5, 0.6) is 0 Å². The van der Waals surface area contributed by atoms with E-state index in [0.29, 0.717) is 17.6 Å². The van der Waals surface area contributed by atoms with E-state index in [-0.39, 0.29) is 24.1 Å². The summed E-state index contributed by atoms with van der Waals surface area (Å²) >= 11 is 0. The van der Waals surface area contributed by atoms with E-state index in [1.807, 2.05) is 6.92 Å². The number of amides is 1. The summed E-state index contributed by atoms with van der Waals surface area (Å²) in [4.78, 5) is 23.6. The van der Waals surface area contributed by atoms with Gasteiger partial charge in [-0.25, -0.2) is 15.0 Å². The average Bonchev–Trinajstić information content (AvgIpc) is 3.17. The molecule has 112 valence electrons. The van der Waals surface area contributed by atoms with Gasteiger partial charge in [-0.15, -0.1) is 17.5 Å². The number of carbonyl (C=O) groups excluding carboxylic acids is 1. The van der Waals surface area contributed by atoms with Crippen molar-refractivity contribution < 1.29 is 4.79 Å². The van der Waals surface area contributed by atoms with E-state index in [2.05, 4.69) is 20.1 Å². The molecule has 0 aromatic carbocycles. The van der Waals surface area contributed by atoms with Crippen molar-refractivity contribution in [1.82, 2.24) is 24.7 Å². The Labute approximate surface area is 127 Å². The van der Waals surface area contributed by atoms with Crippen molar-refractivity contribution in [2.24, 2.45) is 11.5 Å². The van der Waals surface area contributed by atoms with E-state index in [1.165, 1.54) is 12.4 Å². The van der Waals surface area contributed by atoms with E-state index in [9.17, 15) is 4.79 Å². The third kappa shape index (κ3) is 3.01. The number of aromatic nitrogens is 5. The van der Waals surface area contributed by atoms with Crippen LogP contribution in [0.1, 0.15) is 53.9 Å². The van der Waals surface area contributed by atoms with Crippen molar-refractivity contribution in [1.29, 1.82) is 0 Å². The molecule has 1 amide bonds. The summed E-state index contributed by atoms with van der Waals surface area (Å²) in [6, 6.07) is -0.271. The minimum absolute atomic E-state index is 0. The smallest absolute Gasteiger partial charge is 0.268 e. The van der Waals surface area contributed by atoms with Crippen molar-refractivity contribution in [2.45, 2.75) is 31.7 Å². The first-order valence-electron chi connectivity index (χ1n) is 6.41. The second kappa shape index (κ2) is 5.74. The quantitative estimate of drug-likeness (QED) is 0.845. The first kappa shape index (κ1) is 15.3. The van der Waals surface area contributed by atoms with Gasteiger partial charge in [0.25, 0.3) is 5.91 Å². The summed E-state index contributed by atoms with van der Waals surface area (Å²) in [6.07, 6.45) is 4.97. The third-order valence-corrected chi connectivity index (χ3v) is 3.11. The van der Waals surface area contributed by atoms with Crippen LogP contribution in [0.15, 0.2) is 12.4 Å². The molecule has 0 radical (unpaired) electrons. The molecule has 0 aliphatic heterocycles. The zero-order chi connectivity index (χ0) is 14.3. The van der Waals surface area contributed by atoms with Crippen molar-refractivity contribution in [2.75, 3.05) is 0 Å². The maximum absolute atomic E-state index is 11.0. The fourth-order valence-corrected chi connectivity index (χ4v) is 1.88. The highest BCUT2D eigenvalue weighted by Crippen LogP contribution is 2.38. The minimum Gasteiger partial charge on any atom is -0.364 e. The molecule has 1 unspecified atom stereocenters. The molecule has 0 spiro atoms. The summed E-state index contributed by atoms with van der Waals surface area (Å²) in [5.74, 6) is 1.70. The molecule has 8 nitrogen and oxygen atoms in total. The Morgan fingerprint density at radius 2 is 2.10 bits per heavy atom. The summed E-state index contributed by atoms with van der Waals surface area (Å²) in [5.41, 5.74) is 11.2. The van der Waals surface area contributed by atoms with E-state index in [1.54, 1.807) is 4.68 Å². The number of halogens is 1. The number of rotatable bonds is 4. The Morgan fingerprint density at radius 1 is 1.38 bits per heavy atom. The fraction of sp³-hybridized carbons (Fsp3) is 0.417. The largest absolute Gasteiger partial charge is 0.364 e. The van der Waals surface area contributed by atoms with Crippen LogP contribution >= 0.6 is 12.4 Å². The Morgan fingerprint density at radius 3 is 2.57 bits per heavy atom. The van der Waals surface area contributed by atoms with Crippen molar-refractivity contribution >= 4 is 18.3 Å². The molecule has 0 bridgehead atoms. The molecule has 4 N–H and O–H groups in total. The molecule has 2 heterocycles. The predicted molar refractivity (Wildman–Crippen MR) is 77.3 cm³/mol. The summed E-state index contributed by atoms with van der Waals surface area (Å²) < 4.78 is 1.58. The molecule has 1 saturated carbocycles. The maximum Gasteiger partial charge on any atom is 0.268 e. The number of primary amides is 1. The van der Waals surface area contributed by atoms with Gasteiger partial charge in [0.2, 0.25) is 0 Å². The first-order chi connectivity index (χ1) is 9.56. The highest BCUT2D eigenvalue weighted by Gasteiger charge is 2.30. The van der Waals surface area contributed by atoms with E-state index >= 15 is 0 Å². The molecule has 1 atom stereocenters. The first-order valence-corrected chi connectivity index (χ1v) is 6.41. The van der Waals surface area contributed by atoms with Gasteiger partial charge in [0, 0.05) is 5.92 Å². The van der Waals surface area contributed by atoms with Crippen LogP contribution in [-0.4, -0.2) is 30.6 Å². The highest BCUT2D eigenvalue weighted by atomic mass is 35.5. The van der Waals surface area contributed by atoms with Crippen molar-refractivity contribution in [3.63, 3.8) is 0 Å². The maximum atomic E-state index is 11.0. The van der Waals surface area contributed by atoms with Crippen LogP contribution in [0, 0.1) is 0 Å². The number of hydrogen-bond acceptors (Lipinski definition) is 6. The zero-order valence-electron chi connectivity index (χ0n) is 11.4. The second-order valence-corrected chi connectivity index (χ2v) is 4.93. The minimum atomic E-state index is -0.617. The van der Waals surface area contributed by atoms with Gasteiger partial charge in [0.1, 0.15) is 5.69 Å². The van der Waals surface area contributed by atoms with Crippen LogP contribution < -0.4 is 11.5 Å². The molecule has 2 aromatic heterocycles. The normalized spacial score (nSPS) is 15.3. The Bertz CT molecular complexity index is 648. The number of nitrogens with zero attached hydrogens (tertiary/aromatic N) is 5. The van der Waals surface area contributed by atoms with Gasteiger partial charge in [-0.05, 0) is 19.8 Å². The van der Waals surface area contributed by atoms with Crippen LogP contribution in [0.3, 0.4) is 0 Å². The predicted octanol–water partition coefficient (Wildman–Crippen LogP) is 0.475. The number of carbonyl (C=O) groups is 1. The van der Waals surface area contributed by atoms with Gasteiger partial charge in [-0.3, -0.25) is 4.79 Å². The fourth-order valence-electron chi connectivity index (χ4n) is 1.88. The molecule has 1 fully saturated rings. The van der Waals surface area contributed by atoms with Gasteiger partial charge in [0.15, 0.2) is 17.5 Å². The van der Waals surface area contributed by atoms with Crippen LogP contribution in [0.25, 0.3) is 5.82 Å². The average molecular weight is 310 g/mol. The van der Waals surface area contributed by atoms with Gasteiger partial charge < -0.3 is 11.5 Å². The lowest BCUT2D eigenvalue weighted by molar-refractivity contribution is 0.0995. The standard InChI is InChI=1S/C12H15N7O.ClH/c1-6(13)12-17-11(7-2-3-7)18-19(12)9-5-15-8(4-16-9)10(14)20;/h4-7H,2-3,13H2,1H3,(H2,14,20);1H. The number of hydrogen-bond donors (Lipinski definition) is 2. The number of nitrogens with two attached hydrogens (primary N) is 2. The van der Waals surface area contributed by atoms with E-state index < -0.39 is 5.91 Å². The van der Waals surface area contributed by atoms with E-state index in [4.69, 9.17) is 11.5 Å². The lowest BCUT2D eigenvalue weighted by Crippen LogP contribution is -2.16. The Hall–Kier alpha value is -2.06. The van der Waals surface area contributed by atoms with Crippen molar-refractivity contribution in [3.8, 4) is 5.82 Å². The lowest BCUT2D eigenvalue weighted by atomic mass is 10.3. The second-order valence-electron chi connectivity index (χ2n) is 4.93. The van der Waals surface area contributed by atoms with Crippen LogP contribution in [0.2, 0.25) is 0 Å². The Balaban J connectivity index is 0.00000161. The molecule has 9 heteroatoms. The molecule has 2 aromatic rings. The van der Waals surface area contributed by atoms with Gasteiger partial charge in [-0.1, -0.05) is 0 Å². The third-order valence-electron chi connectivity index (χ3n) is 3.11. The monoisotopic (exact) mass is 309 g/mol. The molecular weight excluding hydrogens is 294 g/mol. The van der Waals surface area contributed by atoms with Crippen LogP contribution in [-0.2, 0) is 0 Å². The SMILES string of the molecule is CC(N)c1nc(C2CC2)nn1-c1cnc(C(N)=O)cn1.Cl. The van der Waals surface area contributed by atoms with Gasteiger partial charge >= 0.3 is 0 Å². The molecule has 3 rings (SSSR count). The zero-order valence-corrected chi connectivity index (χ0v) is 12.2. The molecular formula is C12H16ClN7O. The molecule has 21 heavy (non-hydrogen) atoms. The van der Waals surface area contributed by atoms with Gasteiger partial charge in [0.05, 0.1) is 18.4 Å². The Kier molecular flexibility index (Phi) is 4.19. The molecule has 1 aliphatic rings.